The smallest absolute Gasteiger partial charge is 0.222 e. The minimum Gasteiger partial charge on any atom is -0.340 e. The number of rotatable bonds is 11. The van der Waals surface area contributed by atoms with Crippen LogP contribution in [0.3, 0.4) is 0 Å². The molecule has 0 spiro atoms. The predicted octanol–water partition coefficient (Wildman–Crippen LogP) is 4.76. The molecule has 0 rings (SSSR count). The van der Waals surface area contributed by atoms with E-state index in [0.717, 1.165) is 31.1 Å². The highest BCUT2D eigenvalue weighted by molar-refractivity contribution is 9.09. The van der Waals surface area contributed by atoms with E-state index in [4.69, 9.17) is 0 Å². The molecule has 0 aliphatic rings. The van der Waals surface area contributed by atoms with Gasteiger partial charge in [-0.05, 0) is 26.7 Å². The van der Waals surface area contributed by atoms with Gasteiger partial charge in [-0.1, -0.05) is 55.0 Å². The minimum absolute atomic E-state index is 0.330. The topological polar surface area (TPSA) is 20.3 Å². The van der Waals surface area contributed by atoms with Crippen LogP contribution in [-0.2, 0) is 4.79 Å². The van der Waals surface area contributed by atoms with E-state index in [0.29, 0.717) is 11.9 Å². The summed E-state index contributed by atoms with van der Waals surface area (Å²) < 4.78 is 0. The molecule has 0 saturated heterocycles. The highest BCUT2D eigenvalue weighted by Gasteiger charge is 2.15. The Labute approximate surface area is 122 Å². The van der Waals surface area contributed by atoms with Crippen LogP contribution in [-0.4, -0.2) is 28.7 Å². The number of carbonyl (C=O) groups is 1. The Bertz CT molecular complexity index is 207. The summed E-state index contributed by atoms with van der Waals surface area (Å²) in [5, 5.41) is 0.973. The Morgan fingerprint density at radius 3 is 2.22 bits per heavy atom. The van der Waals surface area contributed by atoms with Gasteiger partial charge in [-0.15, -0.1) is 0 Å². The quantitative estimate of drug-likeness (QED) is 0.397. The van der Waals surface area contributed by atoms with Crippen LogP contribution in [0.2, 0.25) is 0 Å². The lowest BCUT2D eigenvalue weighted by Gasteiger charge is -2.26. The van der Waals surface area contributed by atoms with E-state index in [1.54, 1.807) is 0 Å². The van der Waals surface area contributed by atoms with E-state index in [-0.39, 0.29) is 0 Å². The zero-order valence-corrected chi connectivity index (χ0v) is 14.0. The third kappa shape index (κ3) is 8.96. The molecule has 0 aliphatic carbocycles. The van der Waals surface area contributed by atoms with Gasteiger partial charge in [0.25, 0.3) is 0 Å². The van der Waals surface area contributed by atoms with Crippen LogP contribution in [0.5, 0.6) is 0 Å². The first kappa shape index (κ1) is 17.9. The van der Waals surface area contributed by atoms with E-state index in [9.17, 15) is 4.79 Å². The number of hydrogen-bond acceptors (Lipinski definition) is 1. The maximum absolute atomic E-state index is 12.1. The molecule has 0 aromatic carbocycles. The Morgan fingerprint density at radius 1 is 1.06 bits per heavy atom. The molecule has 18 heavy (non-hydrogen) atoms. The molecule has 3 heteroatoms. The summed E-state index contributed by atoms with van der Waals surface area (Å²) in [6.07, 6.45) is 9.25. The number of unbranched alkanes of at least 4 members (excludes halogenated alkanes) is 5. The maximum Gasteiger partial charge on any atom is 0.222 e. The summed E-state index contributed by atoms with van der Waals surface area (Å²) in [7, 11) is 0. The van der Waals surface area contributed by atoms with Gasteiger partial charge in [-0.2, -0.15) is 0 Å². The molecule has 1 amide bonds. The Balaban J connectivity index is 3.75. The van der Waals surface area contributed by atoms with Crippen LogP contribution < -0.4 is 0 Å². The summed E-state index contributed by atoms with van der Waals surface area (Å²) >= 11 is 3.43. The fourth-order valence-electron chi connectivity index (χ4n) is 2.10. The predicted molar refractivity (Wildman–Crippen MR) is 83.3 cm³/mol. The number of amides is 1. The number of hydrogen-bond donors (Lipinski definition) is 0. The number of nitrogens with zero attached hydrogens (tertiary/aromatic N) is 1. The third-order valence-corrected chi connectivity index (χ3v) is 3.78. The van der Waals surface area contributed by atoms with Crippen molar-refractivity contribution in [3.8, 4) is 0 Å². The molecule has 0 atom stereocenters. The number of carbonyl (C=O) groups excluding carboxylic acids is 1. The summed E-state index contributed by atoms with van der Waals surface area (Å²) in [5.74, 6) is 0.335. The molecule has 0 saturated carbocycles. The molecule has 0 unspecified atom stereocenters. The van der Waals surface area contributed by atoms with Crippen molar-refractivity contribution in [3.05, 3.63) is 0 Å². The van der Waals surface area contributed by atoms with Gasteiger partial charge in [0.15, 0.2) is 0 Å². The van der Waals surface area contributed by atoms with E-state index >= 15 is 0 Å². The Morgan fingerprint density at radius 2 is 1.67 bits per heavy atom. The lowest BCUT2D eigenvalue weighted by atomic mass is 10.1. The lowest BCUT2D eigenvalue weighted by molar-refractivity contribution is -0.133. The Kier molecular flexibility index (Phi) is 12.0. The maximum atomic E-state index is 12.1. The minimum atomic E-state index is 0.330. The van der Waals surface area contributed by atoms with Crippen LogP contribution >= 0.6 is 15.9 Å². The fourth-order valence-corrected chi connectivity index (χ4v) is 2.35. The van der Waals surface area contributed by atoms with Crippen LogP contribution in [0.4, 0.5) is 0 Å². The molecule has 0 aromatic heterocycles. The highest BCUT2D eigenvalue weighted by atomic mass is 79.9. The molecule has 0 radical (unpaired) electrons. The van der Waals surface area contributed by atoms with Gasteiger partial charge in [0.1, 0.15) is 0 Å². The standard InChI is InChI=1S/C15H30BrNO/c1-4-5-6-7-8-9-11-15(18)17(14(2)3)13-10-12-16/h14H,4-13H2,1-3H3. The second kappa shape index (κ2) is 12.0. The van der Waals surface area contributed by atoms with E-state index in [2.05, 4.69) is 36.7 Å². The van der Waals surface area contributed by atoms with Gasteiger partial charge in [0.05, 0.1) is 0 Å². The molecular formula is C15H30BrNO. The summed E-state index contributed by atoms with van der Waals surface area (Å²) in [5.41, 5.74) is 0. The van der Waals surface area contributed by atoms with Crippen molar-refractivity contribution in [1.82, 2.24) is 4.90 Å². The zero-order valence-electron chi connectivity index (χ0n) is 12.4. The highest BCUT2D eigenvalue weighted by Crippen LogP contribution is 2.10. The van der Waals surface area contributed by atoms with Gasteiger partial charge < -0.3 is 4.90 Å². The SMILES string of the molecule is CCCCCCCCC(=O)N(CCCBr)C(C)C. The van der Waals surface area contributed by atoms with Gasteiger partial charge in [0, 0.05) is 24.3 Å². The van der Waals surface area contributed by atoms with Crippen molar-refractivity contribution >= 4 is 21.8 Å². The van der Waals surface area contributed by atoms with Crippen LogP contribution in [0.25, 0.3) is 0 Å². The normalized spacial score (nSPS) is 10.9. The first-order chi connectivity index (χ1) is 8.63. The Hall–Kier alpha value is -0.0500. The van der Waals surface area contributed by atoms with Crippen LogP contribution in [0.15, 0.2) is 0 Å². The van der Waals surface area contributed by atoms with Crippen LogP contribution in [0, 0.1) is 0 Å². The van der Waals surface area contributed by atoms with Gasteiger partial charge >= 0.3 is 0 Å². The molecule has 0 heterocycles. The van der Waals surface area contributed by atoms with Crippen molar-refractivity contribution in [2.75, 3.05) is 11.9 Å². The summed E-state index contributed by atoms with van der Waals surface area (Å²) in [6.45, 7) is 7.33. The lowest BCUT2D eigenvalue weighted by Crippen LogP contribution is -2.37. The van der Waals surface area contributed by atoms with E-state index < -0.39 is 0 Å². The van der Waals surface area contributed by atoms with Crippen molar-refractivity contribution < 1.29 is 4.79 Å². The largest absolute Gasteiger partial charge is 0.340 e. The van der Waals surface area contributed by atoms with Crippen molar-refractivity contribution in [2.45, 2.75) is 78.2 Å². The molecule has 0 N–H and O–H groups in total. The van der Waals surface area contributed by atoms with Gasteiger partial charge in [0.2, 0.25) is 5.91 Å². The molecule has 0 fully saturated rings. The molecule has 0 bridgehead atoms. The third-order valence-electron chi connectivity index (χ3n) is 3.22. The molecule has 108 valence electrons. The first-order valence-corrected chi connectivity index (χ1v) is 8.61. The van der Waals surface area contributed by atoms with Crippen molar-refractivity contribution in [2.24, 2.45) is 0 Å². The van der Waals surface area contributed by atoms with E-state index in [1.807, 2.05) is 4.90 Å². The monoisotopic (exact) mass is 319 g/mol. The summed E-state index contributed by atoms with van der Waals surface area (Å²) in [4.78, 5) is 14.1. The first-order valence-electron chi connectivity index (χ1n) is 7.48. The molecule has 0 aromatic rings. The summed E-state index contributed by atoms with van der Waals surface area (Å²) in [6, 6.07) is 0.330. The zero-order chi connectivity index (χ0) is 13.8. The molecule has 0 aliphatic heterocycles. The number of halogens is 1. The van der Waals surface area contributed by atoms with Crippen molar-refractivity contribution in [3.63, 3.8) is 0 Å². The second-order valence-electron chi connectivity index (χ2n) is 5.24. The molecular weight excluding hydrogens is 290 g/mol. The fraction of sp³-hybridized carbons (Fsp3) is 0.933. The second-order valence-corrected chi connectivity index (χ2v) is 6.03. The van der Waals surface area contributed by atoms with E-state index in [1.165, 1.54) is 32.1 Å². The van der Waals surface area contributed by atoms with Crippen LogP contribution in [0.1, 0.15) is 72.1 Å². The van der Waals surface area contributed by atoms with Crippen molar-refractivity contribution in [1.29, 1.82) is 0 Å². The average Bonchev–Trinajstić information content (AvgIpc) is 2.33. The number of alkyl halides is 1. The van der Waals surface area contributed by atoms with Gasteiger partial charge in [-0.25, -0.2) is 0 Å². The average molecular weight is 320 g/mol. The molecule has 2 nitrogen and oxygen atoms in total. The van der Waals surface area contributed by atoms with Gasteiger partial charge in [-0.3, -0.25) is 4.79 Å².